The molecular formula is C11H19N3O2. The van der Waals surface area contributed by atoms with Crippen molar-refractivity contribution in [2.45, 2.75) is 13.0 Å². The number of aliphatic hydroxyl groups is 1. The van der Waals surface area contributed by atoms with Crippen LogP contribution in [0.4, 0.5) is 5.82 Å². The summed E-state index contributed by atoms with van der Waals surface area (Å²) in [5.74, 6) is 1.39. The molecule has 0 saturated heterocycles. The Morgan fingerprint density at radius 1 is 1.44 bits per heavy atom. The predicted octanol–water partition coefficient (Wildman–Crippen LogP) is 0.472. The van der Waals surface area contributed by atoms with E-state index >= 15 is 0 Å². The van der Waals surface area contributed by atoms with Crippen LogP contribution in [0.2, 0.25) is 0 Å². The Hall–Kier alpha value is -1.33. The SMILES string of the molecule is COc1cccc(NCCNCC(C)O)n1. The number of methoxy groups -OCH3 is 1. The first kappa shape index (κ1) is 12.7. The van der Waals surface area contributed by atoms with Crippen molar-refractivity contribution in [3.05, 3.63) is 18.2 Å². The molecule has 0 spiro atoms. The van der Waals surface area contributed by atoms with Gasteiger partial charge in [0.05, 0.1) is 13.2 Å². The average molecular weight is 225 g/mol. The van der Waals surface area contributed by atoms with E-state index < -0.39 is 0 Å². The quantitative estimate of drug-likeness (QED) is 0.589. The summed E-state index contributed by atoms with van der Waals surface area (Å²) in [6.45, 7) is 3.90. The fourth-order valence-electron chi connectivity index (χ4n) is 1.22. The minimum Gasteiger partial charge on any atom is -0.481 e. The Labute approximate surface area is 95.8 Å². The second-order valence-electron chi connectivity index (χ2n) is 3.55. The van der Waals surface area contributed by atoms with Gasteiger partial charge in [-0.05, 0) is 13.0 Å². The molecule has 5 nitrogen and oxygen atoms in total. The van der Waals surface area contributed by atoms with Crippen LogP contribution in [-0.4, -0.2) is 42.9 Å². The number of pyridine rings is 1. The number of rotatable bonds is 7. The molecule has 0 amide bonds. The Morgan fingerprint density at radius 3 is 2.94 bits per heavy atom. The molecule has 0 fully saturated rings. The number of anilines is 1. The van der Waals surface area contributed by atoms with E-state index in [2.05, 4.69) is 15.6 Å². The van der Waals surface area contributed by atoms with Crippen LogP contribution in [-0.2, 0) is 0 Å². The highest BCUT2D eigenvalue weighted by Gasteiger charge is 1.97. The van der Waals surface area contributed by atoms with Crippen molar-refractivity contribution in [1.29, 1.82) is 0 Å². The molecule has 90 valence electrons. The van der Waals surface area contributed by atoms with Gasteiger partial charge in [-0.2, -0.15) is 4.98 Å². The summed E-state index contributed by atoms with van der Waals surface area (Å²) in [4.78, 5) is 4.21. The van der Waals surface area contributed by atoms with Gasteiger partial charge in [0.1, 0.15) is 5.82 Å². The van der Waals surface area contributed by atoms with Gasteiger partial charge in [0.2, 0.25) is 5.88 Å². The number of aromatic nitrogens is 1. The van der Waals surface area contributed by atoms with Gasteiger partial charge >= 0.3 is 0 Å². The van der Waals surface area contributed by atoms with Crippen molar-refractivity contribution >= 4 is 5.82 Å². The highest BCUT2D eigenvalue weighted by molar-refractivity contribution is 5.36. The first-order valence-corrected chi connectivity index (χ1v) is 5.36. The van der Waals surface area contributed by atoms with Gasteiger partial charge in [-0.25, -0.2) is 0 Å². The maximum Gasteiger partial charge on any atom is 0.214 e. The molecule has 1 heterocycles. The molecule has 3 N–H and O–H groups in total. The van der Waals surface area contributed by atoms with E-state index in [0.717, 1.165) is 18.9 Å². The zero-order chi connectivity index (χ0) is 11.8. The fraction of sp³-hybridized carbons (Fsp3) is 0.545. The smallest absolute Gasteiger partial charge is 0.214 e. The van der Waals surface area contributed by atoms with E-state index in [9.17, 15) is 0 Å². The van der Waals surface area contributed by atoms with Crippen molar-refractivity contribution in [1.82, 2.24) is 10.3 Å². The summed E-state index contributed by atoms with van der Waals surface area (Å²) in [5.41, 5.74) is 0. The minimum absolute atomic E-state index is 0.310. The van der Waals surface area contributed by atoms with Crippen LogP contribution >= 0.6 is 0 Å². The van der Waals surface area contributed by atoms with Crippen molar-refractivity contribution < 1.29 is 9.84 Å². The summed E-state index contributed by atoms with van der Waals surface area (Å²) < 4.78 is 5.01. The normalized spacial score (nSPS) is 12.2. The molecule has 0 aromatic carbocycles. The molecule has 1 rings (SSSR count). The molecule has 0 bridgehead atoms. The first-order chi connectivity index (χ1) is 7.72. The fourth-order valence-corrected chi connectivity index (χ4v) is 1.22. The molecule has 1 atom stereocenters. The van der Waals surface area contributed by atoms with Crippen molar-refractivity contribution in [3.63, 3.8) is 0 Å². The molecule has 1 unspecified atom stereocenters. The average Bonchev–Trinajstić information content (AvgIpc) is 2.28. The maximum atomic E-state index is 9.03. The number of aliphatic hydroxyl groups excluding tert-OH is 1. The van der Waals surface area contributed by atoms with Gasteiger partial charge in [0.25, 0.3) is 0 Å². The Balaban J connectivity index is 2.21. The summed E-state index contributed by atoms with van der Waals surface area (Å²) >= 11 is 0. The third-order valence-corrected chi connectivity index (χ3v) is 1.98. The molecule has 0 radical (unpaired) electrons. The van der Waals surface area contributed by atoms with Crippen molar-refractivity contribution in [2.75, 3.05) is 32.1 Å². The zero-order valence-electron chi connectivity index (χ0n) is 9.73. The number of ether oxygens (including phenoxy) is 1. The zero-order valence-corrected chi connectivity index (χ0v) is 9.73. The van der Waals surface area contributed by atoms with Gasteiger partial charge in [-0.3, -0.25) is 0 Å². The number of hydrogen-bond donors (Lipinski definition) is 3. The van der Waals surface area contributed by atoms with Gasteiger partial charge in [0, 0.05) is 25.7 Å². The summed E-state index contributed by atoms with van der Waals surface area (Å²) in [5, 5.41) is 15.3. The van der Waals surface area contributed by atoms with Crippen molar-refractivity contribution in [2.24, 2.45) is 0 Å². The summed E-state index contributed by atoms with van der Waals surface area (Å²) in [7, 11) is 1.59. The molecule has 0 saturated carbocycles. The van der Waals surface area contributed by atoms with E-state index in [1.807, 2.05) is 12.1 Å². The maximum absolute atomic E-state index is 9.03. The lowest BCUT2D eigenvalue weighted by Gasteiger charge is -2.09. The summed E-state index contributed by atoms with van der Waals surface area (Å²) in [6.07, 6.45) is -0.310. The molecule has 0 aliphatic rings. The van der Waals surface area contributed by atoms with E-state index in [0.29, 0.717) is 12.4 Å². The lowest BCUT2D eigenvalue weighted by Crippen LogP contribution is -2.29. The van der Waals surface area contributed by atoms with Crippen LogP contribution in [0.5, 0.6) is 5.88 Å². The van der Waals surface area contributed by atoms with Crippen LogP contribution in [0.15, 0.2) is 18.2 Å². The number of nitrogens with one attached hydrogen (secondary N) is 2. The third-order valence-electron chi connectivity index (χ3n) is 1.98. The first-order valence-electron chi connectivity index (χ1n) is 5.36. The van der Waals surface area contributed by atoms with E-state index in [-0.39, 0.29) is 6.10 Å². The van der Waals surface area contributed by atoms with Crippen LogP contribution in [0.25, 0.3) is 0 Å². The minimum atomic E-state index is -0.310. The van der Waals surface area contributed by atoms with Crippen LogP contribution in [0.3, 0.4) is 0 Å². The molecule has 5 heteroatoms. The number of nitrogens with zero attached hydrogens (tertiary/aromatic N) is 1. The van der Waals surface area contributed by atoms with Crippen LogP contribution in [0, 0.1) is 0 Å². The highest BCUT2D eigenvalue weighted by Crippen LogP contribution is 2.09. The topological polar surface area (TPSA) is 66.4 Å². The second kappa shape index (κ2) is 7.03. The van der Waals surface area contributed by atoms with Crippen LogP contribution in [0.1, 0.15) is 6.92 Å². The monoisotopic (exact) mass is 225 g/mol. The largest absolute Gasteiger partial charge is 0.481 e. The Bertz CT molecular complexity index is 305. The highest BCUT2D eigenvalue weighted by atomic mass is 16.5. The predicted molar refractivity (Wildman–Crippen MR) is 63.8 cm³/mol. The van der Waals surface area contributed by atoms with Gasteiger partial charge in [-0.1, -0.05) is 6.07 Å². The molecule has 1 aromatic rings. The van der Waals surface area contributed by atoms with E-state index in [1.165, 1.54) is 0 Å². The summed E-state index contributed by atoms with van der Waals surface area (Å²) in [6, 6.07) is 5.57. The van der Waals surface area contributed by atoms with Gasteiger partial charge in [-0.15, -0.1) is 0 Å². The molecule has 1 aromatic heterocycles. The molecule has 16 heavy (non-hydrogen) atoms. The van der Waals surface area contributed by atoms with E-state index in [1.54, 1.807) is 20.1 Å². The van der Waals surface area contributed by atoms with Gasteiger partial charge < -0.3 is 20.5 Å². The lowest BCUT2D eigenvalue weighted by molar-refractivity contribution is 0.192. The second-order valence-corrected chi connectivity index (χ2v) is 3.55. The Kier molecular flexibility index (Phi) is 5.60. The Morgan fingerprint density at radius 2 is 2.25 bits per heavy atom. The molecular weight excluding hydrogens is 206 g/mol. The standard InChI is InChI=1S/C11H19N3O2/c1-9(15)8-12-6-7-13-10-4-3-5-11(14-10)16-2/h3-5,9,12,15H,6-8H2,1-2H3,(H,13,14). The van der Waals surface area contributed by atoms with Crippen LogP contribution < -0.4 is 15.4 Å². The van der Waals surface area contributed by atoms with E-state index in [4.69, 9.17) is 9.84 Å². The third kappa shape index (κ3) is 4.95. The number of hydrogen-bond acceptors (Lipinski definition) is 5. The van der Waals surface area contributed by atoms with Crippen molar-refractivity contribution in [3.8, 4) is 5.88 Å². The molecule has 0 aliphatic heterocycles. The lowest BCUT2D eigenvalue weighted by atomic mass is 10.4. The van der Waals surface area contributed by atoms with Gasteiger partial charge in [0.15, 0.2) is 0 Å². The molecule has 0 aliphatic carbocycles.